The molecule has 0 aliphatic heterocycles. The molecule has 4 heteroatoms. The standard InChI is InChI=1S/C14H20BrNOS/c1-9(2)6-7-16(11-4-5-11)14(17)12-8-10(3)13(15)18-12/h8-9,11H,4-7H2,1-3H3. The minimum atomic E-state index is 0.219. The fourth-order valence-corrected chi connectivity index (χ4v) is 3.43. The maximum atomic E-state index is 12.5. The molecule has 0 radical (unpaired) electrons. The summed E-state index contributed by atoms with van der Waals surface area (Å²) in [6, 6.07) is 2.50. The highest BCUT2D eigenvalue weighted by molar-refractivity contribution is 9.11. The maximum Gasteiger partial charge on any atom is 0.264 e. The van der Waals surface area contributed by atoms with E-state index >= 15 is 0 Å². The summed E-state index contributed by atoms with van der Waals surface area (Å²) in [5.41, 5.74) is 1.16. The van der Waals surface area contributed by atoms with Gasteiger partial charge in [0.15, 0.2) is 0 Å². The van der Waals surface area contributed by atoms with Crippen LogP contribution in [0.15, 0.2) is 9.85 Å². The van der Waals surface area contributed by atoms with Crippen molar-refractivity contribution in [2.75, 3.05) is 6.54 Å². The fourth-order valence-electron chi connectivity index (χ4n) is 1.94. The van der Waals surface area contributed by atoms with E-state index in [-0.39, 0.29) is 5.91 Å². The van der Waals surface area contributed by atoms with E-state index in [1.165, 1.54) is 12.8 Å². The second-order valence-corrected chi connectivity index (χ2v) is 7.85. The predicted molar refractivity (Wildman–Crippen MR) is 80.3 cm³/mol. The number of hydrogen-bond acceptors (Lipinski definition) is 2. The van der Waals surface area contributed by atoms with E-state index in [0.29, 0.717) is 12.0 Å². The Morgan fingerprint density at radius 3 is 2.67 bits per heavy atom. The number of rotatable bonds is 5. The van der Waals surface area contributed by atoms with Gasteiger partial charge < -0.3 is 4.90 Å². The molecule has 1 heterocycles. The third-order valence-corrected chi connectivity index (χ3v) is 5.39. The van der Waals surface area contributed by atoms with Gasteiger partial charge in [-0.3, -0.25) is 4.79 Å². The monoisotopic (exact) mass is 329 g/mol. The molecule has 1 aliphatic rings. The lowest BCUT2D eigenvalue weighted by molar-refractivity contribution is 0.0740. The summed E-state index contributed by atoms with van der Waals surface area (Å²) < 4.78 is 1.07. The Bertz CT molecular complexity index is 418. The van der Waals surface area contributed by atoms with Crippen LogP contribution in [0.1, 0.15) is 48.3 Å². The molecule has 1 aromatic rings. The van der Waals surface area contributed by atoms with Gasteiger partial charge in [0.05, 0.1) is 8.66 Å². The number of carbonyl (C=O) groups is 1. The Labute approximate surface area is 122 Å². The first-order valence-electron chi connectivity index (χ1n) is 6.56. The fraction of sp³-hybridized carbons (Fsp3) is 0.643. The first kappa shape index (κ1) is 14.1. The molecule has 18 heavy (non-hydrogen) atoms. The molecule has 1 amide bonds. The zero-order valence-corrected chi connectivity index (χ0v) is 13.6. The van der Waals surface area contributed by atoms with Crippen molar-refractivity contribution in [3.8, 4) is 0 Å². The summed E-state index contributed by atoms with van der Waals surface area (Å²) in [5, 5.41) is 0. The van der Waals surface area contributed by atoms with Crippen LogP contribution in [0.3, 0.4) is 0 Å². The number of aryl methyl sites for hydroxylation is 1. The summed E-state index contributed by atoms with van der Waals surface area (Å²) in [7, 11) is 0. The van der Waals surface area contributed by atoms with Gasteiger partial charge in [0, 0.05) is 12.6 Å². The van der Waals surface area contributed by atoms with E-state index < -0.39 is 0 Å². The molecule has 0 N–H and O–H groups in total. The second kappa shape index (κ2) is 5.74. The first-order valence-corrected chi connectivity index (χ1v) is 8.17. The van der Waals surface area contributed by atoms with Gasteiger partial charge in [0.2, 0.25) is 0 Å². The summed E-state index contributed by atoms with van der Waals surface area (Å²) in [6.07, 6.45) is 3.44. The zero-order valence-electron chi connectivity index (χ0n) is 11.2. The molecule has 0 bridgehead atoms. The van der Waals surface area contributed by atoms with Gasteiger partial charge in [0.25, 0.3) is 5.91 Å². The van der Waals surface area contributed by atoms with Crippen LogP contribution in [-0.4, -0.2) is 23.4 Å². The van der Waals surface area contributed by atoms with Gasteiger partial charge in [-0.1, -0.05) is 13.8 Å². The highest BCUT2D eigenvalue weighted by Gasteiger charge is 2.33. The highest BCUT2D eigenvalue weighted by atomic mass is 79.9. The highest BCUT2D eigenvalue weighted by Crippen LogP contribution is 2.33. The van der Waals surface area contributed by atoms with Gasteiger partial charge in [-0.2, -0.15) is 0 Å². The van der Waals surface area contributed by atoms with Crippen LogP contribution < -0.4 is 0 Å². The molecule has 100 valence electrons. The zero-order chi connectivity index (χ0) is 13.3. The normalized spacial score (nSPS) is 15.2. The number of thiophene rings is 1. The van der Waals surface area contributed by atoms with Crippen molar-refractivity contribution in [1.29, 1.82) is 0 Å². The van der Waals surface area contributed by atoms with Crippen LogP contribution in [0.5, 0.6) is 0 Å². The Morgan fingerprint density at radius 1 is 1.56 bits per heavy atom. The van der Waals surface area contributed by atoms with Gasteiger partial charge >= 0.3 is 0 Å². The van der Waals surface area contributed by atoms with Gasteiger partial charge in [-0.05, 0) is 59.7 Å². The first-order chi connectivity index (χ1) is 8.49. The van der Waals surface area contributed by atoms with Crippen molar-refractivity contribution < 1.29 is 4.79 Å². The van der Waals surface area contributed by atoms with Gasteiger partial charge in [0.1, 0.15) is 0 Å². The topological polar surface area (TPSA) is 20.3 Å². The molecule has 1 aromatic heterocycles. The molecule has 0 aromatic carbocycles. The van der Waals surface area contributed by atoms with Crippen molar-refractivity contribution in [2.24, 2.45) is 5.92 Å². The minimum Gasteiger partial charge on any atom is -0.335 e. The smallest absolute Gasteiger partial charge is 0.264 e. The molecule has 0 atom stereocenters. The third kappa shape index (κ3) is 3.35. The van der Waals surface area contributed by atoms with Crippen LogP contribution >= 0.6 is 27.3 Å². The lowest BCUT2D eigenvalue weighted by atomic mass is 10.1. The molecule has 0 spiro atoms. The van der Waals surface area contributed by atoms with Gasteiger partial charge in [-0.25, -0.2) is 0 Å². The van der Waals surface area contributed by atoms with Gasteiger partial charge in [-0.15, -0.1) is 11.3 Å². The third-order valence-electron chi connectivity index (χ3n) is 3.26. The van der Waals surface area contributed by atoms with Crippen molar-refractivity contribution in [3.63, 3.8) is 0 Å². The van der Waals surface area contributed by atoms with E-state index in [2.05, 4.69) is 34.7 Å². The van der Waals surface area contributed by atoms with Crippen LogP contribution in [-0.2, 0) is 0 Å². The summed E-state index contributed by atoms with van der Waals surface area (Å²) in [4.78, 5) is 15.5. The molecule has 1 saturated carbocycles. The second-order valence-electron chi connectivity index (χ2n) is 5.48. The molecular weight excluding hydrogens is 310 g/mol. The van der Waals surface area contributed by atoms with E-state index in [1.54, 1.807) is 11.3 Å². The number of nitrogens with zero attached hydrogens (tertiary/aromatic N) is 1. The number of amides is 1. The Balaban J connectivity index is 2.08. The Morgan fingerprint density at radius 2 is 2.22 bits per heavy atom. The minimum absolute atomic E-state index is 0.219. The summed E-state index contributed by atoms with van der Waals surface area (Å²) in [5.74, 6) is 0.868. The molecule has 1 aliphatic carbocycles. The van der Waals surface area contributed by atoms with E-state index in [9.17, 15) is 4.79 Å². The van der Waals surface area contributed by atoms with Crippen LogP contribution in [0.25, 0.3) is 0 Å². The maximum absolute atomic E-state index is 12.5. The van der Waals surface area contributed by atoms with E-state index in [0.717, 1.165) is 27.2 Å². The quantitative estimate of drug-likeness (QED) is 0.780. The largest absolute Gasteiger partial charge is 0.335 e. The molecule has 2 nitrogen and oxygen atoms in total. The molecule has 0 unspecified atom stereocenters. The molecule has 0 saturated heterocycles. The predicted octanol–water partition coefficient (Wildman–Crippen LogP) is 4.47. The SMILES string of the molecule is Cc1cc(C(=O)N(CCC(C)C)C2CC2)sc1Br. The van der Waals surface area contributed by atoms with Crippen molar-refractivity contribution >= 4 is 33.2 Å². The lowest BCUT2D eigenvalue weighted by Crippen LogP contribution is -2.34. The molecular formula is C14H20BrNOS. The lowest BCUT2D eigenvalue weighted by Gasteiger charge is -2.22. The molecule has 2 rings (SSSR count). The average molecular weight is 330 g/mol. The van der Waals surface area contributed by atoms with Crippen LogP contribution in [0, 0.1) is 12.8 Å². The van der Waals surface area contributed by atoms with Crippen molar-refractivity contribution in [1.82, 2.24) is 4.90 Å². The van der Waals surface area contributed by atoms with Crippen molar-refractivity contribution in [3.05, 3.63) is 20.3 Å². The van der Waals surface area contributed by atoms with Crippen LogP contribution in [0.4, 0.5) is 0 Å². The number of hydrogen-bond donors (Lipinski definition) is 0. The summed E-state index contributed by atoms with van der Waals surface area (Å²) in [6.45, 7) is 7.35. The number of halogens is 1. The van der Waals surface area contributed by atoms with Crippen molar-refractivity contribution in [2.45, 2.75) is 46.1 Å². The van der Waals surface area contributed by atoms with E-state index in [4.69, 9.17) is 0 Å². The average Bonchev–Trinajstić information content (AvgIpc) is 3.06. The molecule has 1 fully saturated rings. The summed E-state index contributed by atoms with van der Waals surface area (Å²) >= 11 is 5.05. The van der Waals surface area contributed by atoms with Crippen LogP contribution in [0.2, 0.25) is 0 Å². The Hall–Kier alpha value is -0.350. The Kier molecular flexibility index (Phi) is 4.49. The number of carbonyl (C=O) groups excluding carboxylic acids is 1. The van der Waals surface area contributed by atoms with E-state index in [1.807, 2.05) is 13.0 Å².